The average molecular weight is 511 g/mol. The molecule has 0 fully saturated rings. The van der Waals surface area contributed by atoms with E-state index >= 15 is 0 Å². The molecule has 0 N–H and O–H groups in total. The molecular weight excluding hydrogens is 448 g/mol. The van der Waals surface area contributed by atoms with Crippen LogP contribution in [0.25, 0.3) is 0 Å². The standard InChI is InChI=1S/C32H62O4/c1-3-5-7-9-11-17-21-25-29-35-31(33)27-23-19-15-13-14-16-20-24-28-32(34)36-30-26-22-18-12-10-8-6-4-2/h3-30H2,1-2H3. The zero-order valence-electron chi connectivity index (χ0n) is 24.4. The van der Waals surface area contributed by atoms with Gasteiger partial charge in [0.2, 0.25) is 0 Å². The van der Waals surface area contributed by atoms with Crippen molar-refractivity contribution in [2.75, 3.05) is 13.2 Å². The second-order valence-electron chi connectivity index (χ2n) is 10.7. The molecule has 0 rings (SSSR count). The van der Waals surface area contributed by atoms with Crippen LogP contribution < -0.4 is 0 Å². The lowest BCUT2D eigenvalue weighted by molar-refractivity contribution is -0.144. The molecule has 0 bridgehead atoms. The van der Waals surface area contributed by atoms with Crippen LogP contribution in [0, 0.1) is 0 Å². The van der Waals surface area contributed by atoms with Gasteiger partial charge in [-0.1, -0.05) is 142 Å². The number of ether oxygens (including phenoxy) is 2. The summed E-state index contributed by atoms with van der Waals surface area (Å²) in [5, 5.41) is 0. The third-order valence-corrected chi connectivity index (χ3v) is 7.03. The summed E-state index contributed by atoms with van der Waals surface area (Å²) in [5.74, 6) is -0.0421. The Labute approximate surface area is 225 Å². The molecule has 0 aromatic rings. The molecule has 0 atom stereocenters. The first kappa shape index (κ1) is 34.9. The second-order valence-corrected chi connectivity index (χ2v) is 10.7. The first-order valence-electron chi connectivity index (χ1n) is 16.0. The summed E-state index contributed by atoms with van der Waals surface area (Å²) in [6.45, 7) is 5.69. The Morgan fingerprint density at radius 1 is 0.361 bits per heavy atom. The summed E-state index contributed by atoms with van der Waals surface area (Å²) < 4.78 is 10.7. The summed E-state index contributed by atoms with van der Waals surface area (Å²) in [5.41, 5.74) is 0. The number of unbranched alkanes of at least 4 members (excludes halogenated alkanes) is 21. The average Bonchev–Trinajstić information content (AvgIpc) is 2.87. The maximum Gasteiger partial charge on any atom is 0.305 e. The predicted octanol–water partition coefficient (Wildman–Crippen LogP) is 10.3. The Morgan fingerprint density at radius 2 is 0.611 bits per heavy atom. The van der Waals surface area contributed by atoms with Gasteiger partial charge in [0.15, 0.2) is 0 Å². The van der Waals surface area contributed by atoms with Crippen LogP contribution in [0.15, 0.2) is 0 Å². The van der Waals surface area contributed by atoms with E-state index in [-0.39, 0.29) is 11.9 Å². The first-order valence-corrected chi connectivity index (χ1v) is 16.0. The van der Waals surface area contributed by atoms with Crippen molar-refractivity contribution in [1.82, 2.24) is 0 Å². The fraction of sp³-hybridized carbons (Fsp3) is 0.938. The van der Waals surface area contributed by atoms with E-state index < -0.39 is 0 Å². The van der Waals surface area contributed by atoms with Gasteiger partial charge >= 0.3 is 11.9 Å². The number of carbonyl (C=O) groups is 2. The fourth-order valence-electron chi connectivity index (χ4n) is 4.59. The highest BCUT2D eigenvalue weighted by atomic mass is 16.5. The minimum atomic E-state index is -0.0211. The highest BCUT2D eigenvalue weighted by Crippen LogP contribution is 2.13. The Balaban J connectivity index is 3.24. The second kappa shape index (κ2) is 30.2. The maximum absolute atomic E-state index is 11.8. The van der Waals surface area contributed by atoms with Crippen molar-refractivity contribution in [2.45, 2.75) is 181 Å². The molecule has 0 aliphatic rings. The monoisotopic (exact) mass is 510 g/mol. The van der Waals surface area contributed by atoms with E-state index in [4.69, 9.17) is 9.47 Å². The van der Waals surface area contributed by atoms with Gasteiger partial charge in [-0.3, -0.25) is 9.59 Å². The third kappa shape index (κ3) is 29.2. The molecule has 214 valence electrons. The summed E-state index contributed by atoms with van der Waals surface area (Å²) in [4.78, 5) is 23.6. The van der Waals surface area contributed by atoms with Crippen molar-refractivity contribution in [2.24, 2.45) is 0 Å². The van der Waals surface area contributed by atoms with Gasteiger partial charge in [-0.2, -0.15) is 0 Å². The van der Waals surface area contributed by atoms with Crippen molar-refractivity contribution in [3.63, 3.8) is 0 Å². The molecule has 4 nitrogen and oxygen atoms in total. The van der Waals surface area contributed by atoms with Gasteiger partial charge in [-0.15, -0.1) is 0 Å². The highest BCUT2D eigenvalue weighted by molar-refractivity contribution is 5.69. The molecule has 0 saturated heterocycles. The minimum Gasteiger partial charge on any atom is -0.466 e. The Kier molecular flexibility index (Phi) is 29.3. The largest absolute Gasteiger partial charge is 0.466 e. The smallest absolute Gasteiger partial charge is 0.305 e. The van der Waals surface area contributed by atoms with E-state index in [1.807, 2.05) is 0 Å². The summed E-state index contributed by atoms with van der Waals surface area (Å²) in [6, 6.07) is 0. The van der Waals surface area contributed by atoms with Gasteiger partial charge in [0.1, 0.15) is 0 Å². The molecule has 0 saturated carbocycles. The molecule has 0 unspecified atom stereocenters. The molecule has 0 aliphatic carbocycles. The van der Waals surface area contributed by atoms with Crippen molar-refractivity contribution >= 4 is 11.9 Å². The van der Waals surface area contributed by atoms with Crippen LogP contribution in [-0.2, 0) is 19.1 Å². The molecule has 0 aliphatic heterocycles. The van der Waals surface area contributed by atoms with Gasteiger partial charge in [0, 0.05) is 12.8 Å². The maximum atomic E-state index is 11.8. The summed E-state index contributed by atoms with van der Waals surface area (Å²) in [6.07, 6.45) is 30.3. The van der Waals surface area contributed by atoms with Crippen LogP contribution in [0.4, 0.5) is 0 Å². The van der Waals surface area contributed by atoms with Crippen LogP contribution in [0.5, 0.6) is 0 Å². The van der Waals surface area contributed by atoms with Crippen molar-refractivity contribution in [3.05, 3.63) is 0 Å². The van der Waals surface area contributed by atoms with Crippen molar-refractivity contribution in [1.29, 1.82) is 0 Å². The molecule has 0 amide bonds. The van der Waals surface area contributed by atoms with Gasteiger partial charge in [-0.05, 0) is 25.7 Å². The molecule has 0 spiro atoms. The van der Waals surface area contributed by atoms with Gasteiger partial charge in [0.05, 0.1) is 13.2 Å². The number of hydrogen-bond acceptors (Lipinski definition) is 4. The van der Waals surface area contributed by atoms with Crippen molar-refractivity contribution < 1.29 is 19.1 Å². The lowest BCUT2D eigenvalue weighted by Gasteiger charge is -2.06. The lowest BCUT2D eigenvalue weighted by Crippen LogP contribution is -2.05. The topological polar surface area (TPSA) is 52.6 Å². The van der Waals surface area contributed by atoms with E-state index in [1.54, 1.807) is 0 Å². The van der Waals surface area contributed by atoms with Gasteiger partial charge < -0.3 is 9.47 Å². The van der Waals surface area contributed by atoms with Gasteiger partial charge in [-0.25, -0.2) is 0 Å². The molecule has 0 radical (unpaired) electrons. The zero-order chi connectivity index (χ0) is 26.4. The van der Waals surface area contributed by atoms with E-state index in [1.165, 1.54) is 116 Å². The predicted molar refractivity (Wildman–Crippen MR) is 153 cm³/mol. The molecule has 36 heavy (non-hydrogen) atoms. The summed E-state index contributed by atoms with van der Waals surface area (Å²) in [7, 11) is 0. The van der Waals surface area contributed by atoms with Crippen LogP contribution in [-0.4, -0.2) is 25.2 Å². The normalized spacial score (nSPS) is 11.1. The van der Waals surface area contributed by atoms with Crippen LogP contribution in [0.2, 0.25) is 0 Å². The van der Waals surface area contributed by atoms with Gasteiger partial charge in [0.25, 0.3) is 0 Å². The Morgan fingerprint density at radius 3 is 0.917 bits per heavy atom. The zero-order valence-corrected chi connectivity index (χ0v) is 24.4. The minimum absolute atomic E-state index is 0.0211. The molecular formula is C32H62O4. The van der Waals surface area contributed by atoms with Crippen LogP contribution >= 0.6 is 0 Å². The number of esters is 2. The van der Waals surface area contributed by atoms with Crippen molar-refractivity contribution in [3.8, 4) is 0 Å². The Bertz CT molecular complexity index is 421. The SMILES string of the molecule is CCCCCCCCCCOC(=O)CCCCCCCCCCC(=O)OCCCCCCCCCC. The molecule has 0 heterocycles. The number of carbonyl (C=O) groups excluding carboxylic acids is 2. The van der Waals surface area contributed by atoms with E-state index in [0.29, 0.717) is 26.1 Å². The molecule has 0 aromatic carbocycles. The lowest BCUT2D eigenvalue weighted by atomic mass is 10.1. The Hall–Kier alpha value is -1.06. The van der Waals surface area contributed by atoms with Crippen LogP contribution in [0.3, 0.4) is 0 Å². The summed E-state index contributed by atoms with van der Waals surface area (Å²) >= 11 is 0. The fourth-order valence-corrected chi connectivity index (χ4v) is 4.59. The quantitative estimate of drug-likeness (QED) is 0.0741. The number of hydrogen-bond donors (Lipinski definition) is 0. The van der Waals surface area contributed by atoms with E-state index in [0.717, 1.165) is 38.5 Å². The third-order valence-electron chi connectivity index (χ3n) is 7.03. The molecule has 0 aromatic heterocycles. The highest BCUT2D eigenvalue weighted by Gasteiger charge is 2.04. The number of rotatable bonds is 29. The van der Waals surface area contributed by atoms with Crippen LogP contribution in [0.1, 0.15) is 181 Å². The van der Waals surface area contributed by atoms with E-state index in [9.17, 15) is 9.59 Å². The molecule has 4 heteroatoms. The van der Waals surface area contributed by atoms with E-state index in [2.05, 4.69) is 13.8 Å². The first-order chi connectivity index (χ1) is 17.7.